The Morgan fingerprint density at radius 1 is 1.00 bits per heavy atom. The van der Waals surface area contributed by atoms with Crippen LogP contribution in [0.15, 0.2) is 60.7 Å². The normalized spacial score (nSPS) is 20.3. The molecule has 2 aliphatic heterocycles. The molecular weight excluding hydrogens is 640 g/mol. The summed E-state index contributed by atoms with van der Waals surface area (Å²) in [6, 6.07) is 17.1. The van der Waals surface area contributed by atoms with E-state index in [-0.39, 0.29) is 37.4 Å². The Morgan fingerprint density at radius 3 is 2.48 bits per heavy atom. The molecule has 0 saturated carbocycles. The Balaban J connectivity index is 1.35. The second kappa shape index (κ2) is 17.4. The molecule has 0 bridgehead atoms. The number of nitrogens with one attached hydrogen (secondary N) is 2. The zero-order valence-electron chi connectivity index (χ0n) is 29.6. The molecule has 5 rings (SSSR count). The average Bonchev–Trinajstić information content (AvgIpc) is 3.58. The largest absolute Gasteiger partial charge is 0.497 e. The van der Waals surface area contributed by atoms with Crippen molar-refractivity contribution in [3.63, 3.8) is 0 Å². The molecule has 3 aromatic carbocycles. The molecule has 0 fully saturated rings. The van der Waals surface area contributed by atoms with Gasteiger partial charge in [0, 0.05) is 43.5 Å². The van der Waals surface area contributed by atoms with Gasteiger partial charge in [0.25, 0.3) is 5.91 Å². The minimum atomic E-state index is -0.481. The van der Waals surface area contributed by atoms with Crippen molar-refractivity contribution in [3.8, 4) is 23.0 Å². The second-order valence-electron chi connectivity index (χ2n) is 13.2. The monoisotopic (exact) mass is 690 g/mol. The van der Waals surface area contributed by atoms with Crippen LogP contribution in [0.3, 0.4) is 0 Å². The Morgan fingerprint density at radius 2 is 1.72 bits per heavy atom. The maximum atomic E-state index is 14.4. The maximum Gasteiger partial charge on any atom is 0.323 e. The van der Waals surface area contributed by atoms with Crippen LogP contribution in [-0.2, 0) is 11.3 Å². The second-order valence-corrected chi connectivity index (χ2v) is 13.2. The van der Waals surface area contributed by atoms with Crippen LogP contribution in [0.4, 0.5) is 16.2 Å². The highest BCUT2D eigenvalue weighted by Crippen LogP contribution is 2.33. The number of methoxy groups -OCH3 is 1. The van der Waals surface area contributed by atoms with Crippen LogP contribution in [0.1, 0.15) is 56.0 Å². The van der Waals surface area contributed by atoms with E-state index in [1.807, 2.05) is 32.0 Å². The van der Waals surface area contributed by atoms with Crippen molar-refractivity contribution < 1.29 is 38.4 Å². The molecule has 0 radical (unpaired) electrons. The summed E-state index contributed by atoms with van der Waals surface area (Å²) in [7, 11) is 3.63. The number of carbonyl (C=O) groups excluding carboxylic acids is 2. The smallest absolute Gasteiger partial charge is 0.323 e. The Bertz CT molecular complexity index is 1590. The van der Waals surface area contributed by atoms with Crippen LogP contribution in [-0.4, -0.2) is 92.3 Å². The number of aliphatic hydroxyl groups excluding tert-OH is 1. The molecule has 0 unspecified atom stereocenters. The van der Waals surface area contributed by atoms with Crippen molar-refractivity contribution in [1.29, 1.82) is 0 Å². The van der Waals surface area contributed by atoms with E-state index in [9.17, 15) is 14.7 Å². The van der Waals surface area contributed by atoms with Gasteiger partial charge in [-0.25, -0.2) is 4.79 Å². The van der Waals surface area contributed by atoms with Crippen LogP contribution in [0, 0.1) is 5.92 Å². The minimum absolute atomic E-state index is 0.0741. The highest BCUT2D eigenvalue weighted by atomic mass is 16.7. The zero-order chi connectivity index (χ0) is 35.6. The molecule has 3 aromatic rings. The number of benzene rings is 3. The van der Waals surface area contributed by atoms with Gasteiger partial charge >= 0.3 is 6.03 Å². The van der Waals surface area contributed by atoms with Crippen LogP contribution in [0.5, 0.6) is 23.0 Å². The number of nitrogens with zero attached hydrogens (tertiary/aromatic N) is 2. The number of amides is 3. The van der Waals surface area contributed by atoms with Crippen molar-refractivity contribution in [3.05, 3.63) is 71.8 Å². The van der Waals surface area contributed by atoms with E-state index in [1.165, 1.54) is 0 Å². The van der Waals surface area contributed by atoms with Crippen molar-refractivity contribution in [1.82, 2.24) is 9.80 Å². The van der Waals surface area contributed by atoms with Crippen LogP contribution < -0.4 is 29.6 Å². The molecule has 2 heterocycles. The van der Waals surface area contributed by atoms with Gasteiger partial charge in [-0.05, 0) is 100 Å². The average molecular weight is 691 g/mol. The van der Waals surface area contributed by atoms with Crippen molar-refractivity contribution in [2.45, 2.75) is 64.8 Å². The van der Waals surface area contributed by atoms with Crippen molar-refractivity contribution >= 4 is 23.3 Å². The first-order valence-corrected chi connectivity index (χ1v) is 17.3. The van der Waals surface area contributed by atoms with E-state index in [2.05, 4.69) is 29.5 Å². The molecule has 0 saturated heterocycles. The number of rotatable bonds is 9. The summed E-state index contributed by atoms with van der Waals surface area (Å²) in [6.45, 7) is 8.15. The van der Waals surface area contributed by atoms with Crippen LogP contribution in [0.25, 0.3) is 0 Å². The molecule has 0 aromatic heterocycles. The fourth-order valence-corrected chi connectivity index (χ4v) is 6.15. The Labute approximate surface area is 294 Å². The standard InChI is InChI=1S/C38H50N4O8/c1-25-20-42(26(2)23-43)37(44)32-19-30(40-38(45)39-29-10-13-31(46-5)14-11-29)12-16-33(32)50-27(3)8-6-7-17-47-36(25)22-41(4)21-28-9-15-34-35(18-28)49-24-48-34/h9-16,18-19,25-27,36,43H,6-8,17,20-24H2,1-5H3,(H2,39,40,45)/t25-,26-,27-,36+/m1/s1. The third kappa shape index (κ3) is 9.80. The molecule has 270 valence electrons. The molecule has 2 aliphatic rings. The van der Waals surface area contributed by atoms with E-state index < -0.39 is 12.1 Å². The number of aliphatic hydroxyl groups is 1. The van der Waals surface area contributed by atoms with Crippen LogP contribution in [0.2, 0.25) is 0 Å². The summed E-state index contributed by atoms with van der Waals surface area (Å²) in [5.41, 5.74) is 2.42. The molecule has 0 spiro atoms. The first-order chi connectivity index (χ1) is 24.1. The highest BCUT2D eigenvalue weighted by Gasteiger charge is 2.30. The third-order valence-corrected chi connectivity index (χ3v) is 9.04. The van der Waals surface area contributed by atoms with Gasteiger partial charge in [0.15, 0.2) is 11.5 Å². The third-order valence-electron chi connectivity index (χ3n) is 9.04. The number of likely N-dealkylation sites (N-methyl/N-ethyl adjacent to an activating group) is 1. The van der Waals surface area contributed by atoms with E-state index in [4.69, 9.17) is 23.7 Å². The minimum Gasteiger partial charge on any atom is -0.497 e. The fourth-order valence-electron chi connectivity index (χ4n) is 6.15. The molecule has 0 aliphatic carbocycles. The predicted octanol–water partition coefficient (Wildman–Crippen LogP) is 6.00. The van der Waals surface area contributed by atoms with Gasteiger partial charge in [0.1, 0.15) is 11.5 Å². The van der Waals surface area contributed by atoms with Crippen molar-refractivity contribution in [2.75, 3.05) is 57.9 Å². The van der Waals surface area contributed by atoms with Gasteiger partial charge in [-0.1, -0.05) is 13.0 Å². The summed E-state index contributed by atoms with van der Waals surface area (Å²) in [4.78, 5) is 31.2. The van der Waals surface area contributed by atoms with E-state index in [0.29, 0.717) is 54.7 Å². The molecule has 3 amide bonds. The molecule has 12 nitrogen and oxygen atoms in total. The number of urea groups is 1. The van der Waals surface area contributed by atoms with Gasteiger partial charge in [-0.15, -0.1) is 0 Å². The first-order valence-electron chi connectivity index (χ1n) is 17.3. The SMILES string of the molecule is COc1ccc(NC(=O)Nc2ccc3c(c2)C(=O)N([C@H](C)CO)C[C@@H](C)[C@H](CN(C)Cc2ccc4c(c2)OCO4)OCCCC[C@@H](C)O3)cc1. The van der Waals surface area contributed by atoms with E-state index >= 15 is 0 Å². The Hall–Kier alpha value is -4.52. The van der Waals surface area contributed by atoms with Gasteiger partial charge in [-0.3, -0.25) is 9.69 Å². The topological polar surface area (TPSA) is 131 Å². The number of hydrogen-bond donors (Lipinski definition) is 3. The molecule has 3 N–H and O–H groups in total. The summed E-state index contributed by atoms with van der Waals surface area (Å²) >= 11 is 0. The summed E-state index contributed by atoms with van der Waals surface area (Å²) < 4.78 is 29.1. The zero-order valence-corrected chi connectivity index (χ0v) is 29.6. The van der Waals surface area contributed by atoms with Gasteiger partial charge in [0.2, 0.25) is 6.79 Å². The van der Waals surface area contributed by atoms with Gasteiger partial charge in [-0.2, -0.15) is 0 Å². The summed E-state index contributed by atoms with van der Waals surface area (Å²) in [5, 5.41) is 15.9. The highest BCUT2D eigenvalue weighted by molar-refractivity contribution is 6.02. The molecule has 4 atom stereocenters. The lowest BCUT2D eigenvalue weighted by Gasteiger charge is -2.36. The molecule has 12 heteroatoms. The summed E-state index contributed by atoms with van der Waals surface area (Å²) in [6.07, 6.45) is 2.21. The Kier molecular flexibility index (Phi) is 12.8. The maximum absolute atomic E-state index is 14.4. The van der Waals surface area contributed by atoms with Crippen LogP contribution >= 0.6 is 0 Å². The number of hydrogen-bond acceptors (Lipinski definition) is 9. The van der Waals surface area contributed by atoms with Crippen molar-refractivity contribution in [2.24, 2.45) is 5.92 Å². The lowest BCUT2D eigenvalue weighted by Crippen LogP contribution is -2.47. The molecular formula is C38H50N4O8. The molecule has 50 heavy (non-hydrogen) atoms. The lowest BCUT2D eigenvalue weighted by atomic mass is 10.0. The van der Waals surface area contributed by atoms with Gasteiger partial charge in [0.05, 0.1) is 37.5 Å². The number of fused-ring (bicyclic) bond motifs is 2. The first kappa shape index (κ1) is 36.8. The van der Waals surface area contributed by atoms with Gasteiger partial charge < -0.3 is 44.3 Å². The number of carbonyl (C=O) groups is 2. The number of ether oxygens (including phenoxy) is 5. The fraction of sp³-hybridized carbons (Fsp3) is 0.474. The lowest BCUT2D eigenvalue weighted by molar-refractivity contribution is -0.0177. The number of anilines is 2. The van der Waals surface area contributed by atoms with E-state index in [0.717, 1.165) is 36.3 Å². The predicted molar refractivity (Wildman–Crippen MR) is 191 cm³/mol. The summed E-state index contributed by atoms with van der Waals surface area (Å²) in [5.74, 6) is 2.24. The quantitative estimate of drug-likeness (QED) is 0.248. The van der Waals surface area contributed by atoms with E-state index in [1.54, 1.807) is 54.5 Å².